The molecule has 0 fully saturated rings. The van der Waals surface area contributed by atoms with E-state index in [1.807, 2.05) is 0 Å². The Kier molecular flexibility index (Phi) is 5.53. The van der Waals surface area contributed by atoms with Crippen LogP contribution in [0.15, 0.2) is 53.3 Å². The van der Waals surface area contributed by atoms with Gasteiger partial charge in [0.2, 0.25) is 10.0 Å². The number of rotatable bonds is 5. The molecule has 146 valence electrons. The van der Waals surface area contributed by atoms with E-state index in [2.05, 4.69) is 9.82 Å². The summed E-state index contributed by atoms with van der Waals surface area (Å²) < 4.78 is 40.2. The third-order valence-corrected chi connectivity index (χ3v) is 5.71. The van der Waals surface area contributed by atoms with Crippen LogP contribution in [0.25, 0.3) is 16.8 Å². The standard InChI is InChI=1S/C19H17ClFN3O3S/c1-3-28(26,27)23-14-6-4-13(5-7-14)16-11-19(25)24(22-12(16)2)15-8-9-18(21)17(20)10-15/h4-11,23H,3H2,1-2H3. The van der Waals surface area contributed by atoms with Crippen molar-refractivity contribution in [2.24, 2.45) is 0 Å². The number of aryl methyl sites for hydroxylation is 1. The Balaban J connectivity index is 1.97. The lowest BCUT2D eigenvalue weighted by atomic mass is 10.1. The highest BCUT2D eigenvalue weighted by atomic mass is 35.5. The number of aromatic nitrogens is 2. The van der Waals surface area contributed by atoms with E-state index in [1.54, 1.807) is 38.1 Å². The molecule has 0 amide bonds. The van der Waals surface area contributed by atoms with Crippen molar-refractivity contribution in [3.05, 3.63) is 75.4 Å². The van der Waals surface area contributed by atoms with E-state index < -0.39 is 21.4 Å². The van der Waals surface area contributed by atoms with E-state index in [0.29, 0.717) is 28.2 Å². The molecule has 0 aliphatic heterocycles. The lowest BCUT2D eigenvalue weighted by Gasteiger charge is -2.11. The second-order valence-corrected chi connectivity index (χ2v) is 8.49. The fraction of sp³-hybridized carbons (Fsp3) is 0.158. The number of nitrogens with zero attached hydrogens (tertiary/aromatic N) is 2. The maximum atomic E-state index is 13.4. The average molecular weight is 422 g/mol. The number of nitrogens with one attached hydrogen (secondary N) is 1. The predicted molar refractivity (Wildman–Crippen MR) is 108 cm³/mol. The van der Waals surface area contributed by atoms with Gasteiger partial charge in [-0.25, -0.2) is 12.8 Å². The minimum absolute atomic E-state index is 0.0244. The summed E-state index contributed by atoms with van der Waals surface area (Å²) in [7, 11) is -3.36. The van der Waals surface area contributed by atoms with Crippen LogP contribution in [0.3, 0.4) is 0 Å². The Morgan fingerprint density at radius 3 is 2.43 bits per heavy atom. The summed E-state index contributed by atoms with van der Waals surface area (Å²) in [5.41, 5.74) is 2.28. The molecular weight excluding hydrogens is 405 g/mol. The summed E-state index contributed by atoms with van der Waals surface area (Å²) in [5, 5.41) is 4.20. The van der Waals surface area contributed by atoms with Crippen LogP contribution in [0.1, 0.15) is 12.6 Å². The monoisotopic (exact) mass is 421 g/mol. The predicted octanol–water partition coefficient (Wildman–Crippen LogP) is 3.76. The largest absolute Gasteiger partial charge is 0.284 e. The molecular formula is C19H17ClFN3O3S. The van der Waals surface area contributed by atoms with Crippen LogP contribution in [0.4, 0.5) is 10.1 Å². The third-order valence-electron chi connectivity index (χ3n) is 4.11. The van der Waals surface area contributed by atoms with E-state index in [-0.39, 0.29) is 10.8 Å². The molecule has 1 N–H and O–H groups in total. The zero-order valence-corrected chi connectivity index (χ0v) is 16.7. The molecule has 0 aliphatic carbocycles. The fourth-order valence-electron chi connectivity index (χ4n) is 2.61. The maximum Gasteiger partial charge on any atom is 0.272 e. The molecule has 0 atom stereocenters. The van der Waals surface area contributed by atoms with Crippen molar-refractivity contribution in [1.82, 2.24) is 9.78 Å². The molecule has 0 unspecified atom stereocenters. The van der Waals surface area contributed by atoms with Crippen molar-refractivity contribution in [2.75, 3.05) is 10.5 Å². The van der Waals surface area contributed by atoms with Crippen LogP contribution in [0.2, 0.25) is 5.02 Å². The Hall–Kier alpha value is -2.71. The van der Waals surface area contributed by atoms with E-state index >= 15 is 0 Å². The van der Waals surface area contributed by atoms with Gasteiger partial charge < -0.3 is 0 Å². The third kappa shape index (κ3) is 4.23. The number of sulfonamides is 1. The highest BCUT2D eigenvalue weighted by Gasteiger charge is 2.12. The topological polar surface area (TPSA) is 81.1 Å². The summed E-state index contributed by atoms with van der Waals surface area (Å²) in [6, 6.07) is 12.0. The Morgan fingerprint density at radius 2 is 1.82 bits per heavy atom. The van der Waals surface area contributed by atoms with Gasteiger partial charge in [-0.2, -0.15) is 9.78 Å². The van der Waals surface area contributed by atoms with E-state index in [0.717, 1.165) is 4.68 Å². The van der Waals surface area contributed by atoms with E-state index in [4.69, 9.17) is 11.6 Å². The molecule has 0 bridgehead atoms. The Labute approximate surface area is 166 Å². The Morgan fingerprint density at radius 1 is 1.14 bits per heavy atom. The smallest absolute Gasteiger partial charge is 0.272 e. The van der Waals surface area contributed by atoms with Gasteiger partial charge >= 0.3 is 0 Å². The summed E-state index contributed by atoms with van der Waals surface area (Å²) in [4.78, 5) is 12.5. The van der Waals surface area contributed by atoms with Gasteiger partial charge in [-0.05, 0) is 49.7 Å². The zero-order chi connectivity index (χ0) is 20.5. The first-order valence-corrected chi connectivity index (χ1v) is 10.4. The second kappa shape index (κ2) is 7.73. The number of anilines is 1. The van der Waals surface area contributed by atoms with Crippen molar-refractivity contribution < 1.29 is 12.8 Å². The number of hydrogen-bond donors (Lipinski definition) is 1. The lowest BCUT2D eigenvalue weighted by Crippen LogP contribution is -2.21. The van der Waals surface area contributed by atoms with E-state index in [9.17, 15) is 17.6 Å². The molecule has 2 aromatic carbocycles. The maximum absolute atomic E-state index is 13.4. The van der Waals surface area contributed by atoms with Gasteiger partial charge in [-0.3, -0.25) is 9.52 Å². The van der Waals surface area contributed by atoms with Gasteiger partial charge in [-0.15, -0.1) is 0 Å². The van der Waals surface area contributed by atoms with E-state index in [1.165, 1.54) is 24.3 Å². The van der Waals surface area contributed by atoms with Gasteiger partial charge in [0, 0.05) is 17.3 Å². The van der Waals surface area contributed by atoms with Crippen LogP contribution < -0.4 is 10.3 Å². The van der Waals surface area contributed by atoms with Crippen molar-refractivity contribution in [3.63, 3.8) is 0 Å². The summed E-state index contributed by atoms with van der Waals surface area (Å²) in [6.45, 7) is 3.29. The van der Waals surface area contributed by atoms with Gasteiger partial charge in [-0.1, -0.05) is 23.7 Å². The zero-order valence-electron chi connectivity index (χ0n) is 15.1. The molecule has 9 heteroatoms. The van der Waals surface area contributed by atoms with Crippen LogP contribution in [-0.4, -0.2) is 24.0 Å². The first kappa shape index (κ1) is 20.0. The van der Waals surface area contributed by atoms with Crippen LogP contribution in [0.5, 0.6) is 0 Å². The molecule has 3 aromatic rings. The highest BCUT2D eigenvalue weighted by molar-refractivity contribution is 7.92. The quantitative estimate of drug-likeness (QED) is 0.680. The van der Waals surface area contributed by atoms with Gasteiger partial charge in [0.05, 0.1) is 22.2 Å². The lowest BCUT2D eigenvalue weighted by molar-refractivity contribution is 0.602. The minimum Gasteiger partial charge on any atom is -0.284 e. The molecule has 0 saturated heterocycles. The SMILES string of the molecule is CCS(=O)(=O)Nc1ccc(-c2cc(=O)n(-c3ccc(F)c(Cl)c3)nc2C)cc1. The fourth-order valence-corrected chi connectivity index (χ4v) is 3.42. The molecule has 0 spiro atoms. The van der Waals surface area contributed by atoms with Gasteiger partial charge in [0.1, 0.15) is 5.82 Å². The Bertz CT molecular complexity index is 1190. The molecule has 3 rings (SSSR count). The van der Waals surface area contributed by atoms with Crippen LogP contribution in [0, 0.1) is 12.7 Å². The number of halogens is 2. The van der Waals surface area contributed by atoms with Crippen molar-refractivity contribution >= 4 is 27.3 Å². The molecule has 28 heavy (non-hydrogen) atoms. The first-order chi connectivity index (χ1) is 13.2. The summed E-state index contributed by atoms with van der Waals surface area (Å²) in [5.74, 6) is -0.603. The van der Waals surface area contributed by atoms with Gasteiger partial charge in [0.25, 0.3) is 5.56 Å². The van der Waals surface area contributed by atoms with Crippen LogP contribution in [-0.2, 0) is 10.0 Å². The van der Waals surface area contributed by atoms with Crippen molar-refractivity contribution in [1.29, 1.82) is 0 Å². The molecule has 6 nitrogen and oxygen atoms in total. The van der Waals surface area contributed by atoms with Gasteiger partial charge in [0.15, 0.2) is 0 Å². The minimum atomic E-state index is -3.36. The molecule has 0 saturated carbocycles. The summed E-state index contributed by atoms with van der Waals surface area (Å²) in [6.07, 6.45) is 0. The molecule has 1 heterocycles. The first-order valence-electron chi connectivity index (χ1n) is 8.37. The molecule has 1 aromatic heterocycles. The van der Waals surface area contributed by atoms with Crippen LogP contribution >= 0.6 is 11.6 Å². The highest BCUT2D eigenvalue weighted by Crippen LogP contribution is 2.24. The normalized spacial score (nSPS) is 11.4. The summed E-state index contributed by atoms with van der Waals surface area (Å²) >= 11 is 5.79. The molecule has 0 radical (unpaired) electrons. The van der Waals surface area contributed by atoms with Crippen molar-refractivity contribution in [2.45, 2.75) is 13.8 Å². The number of hydrogen-bond acceptors (Lipinski definition) is 4. The average Bonchev–Trinajstić information content (AvgIpc) is 2.66. The van der Waals surface area contributed by atoms with Crippen molar-refractivity contribution in [3.8, 4) is 16.8 Å². The second-order valence-electron chi connectivity index (χ2n) is 6.07. The molecule has 0 aliphatic rings. The number of benzene rings is 2.